The molecule has 0 aliphatic heterocycles. The predicted octanol–water partition coefficient (Wildman–Crippen LogP) is 2.36. The zero-order chi connectivity index (χ0) is 15.4. The van der Waals surface area contributed by atoms with Crippen LogP contribution in [-0.4, -0.2) is 15.0 Å². The van der Waals surface area contributed by atoms with E-state index in [1.807, 2.05) is 27.7 Å². The molecule has 0 atom stereocenters. The lowest BCUT2D eigenvalue weighted by atomic mass is 10.2. The Morgan fingerprint density at radius 1 is 1.29 bits per heavy atom. The van der Waals surface area contributed by atoms with E-state index >= 15 is 0 Å². The standard InChI is InChI=1S/C14H22N6O/c1-5-10-6-16-11(21-10)7-17-13-9(4)14(20-15)19-12(18-13)8(2)3/h6,8H,5,7,15H2,1-4H3,(H2,17,18,19,20). The van der Waals surface area contributed by atoms with Gasteiger partial charge in [-0.15, -0.1) is 0 Å². The van der Waals surface area contributed by atoms with Crippen LogP contribution in [0.5, 0.6) is 0 Å². The van der Waals surface area contributed by atoms with E-state index in [0.717, 1.165) is 29.4 Å². The second-order valence-corrected chi connectivity index (χ2v) is 5.13. The highest BCUT2D eigenvalue weighted by Crippen LogP contribution is 2.22. The summed E-state index contributed by atoms with van der Waals surface area (Å²) in [5.74, 6) is 9.33. The lowest BCUT2D eigenvalue weighted by Gasteiger charge is -2.14. The number of hydrogen-bond acceptors (Lipinski definition) is 7. The van der Waals surface area contributed by atoms with E-state index in [1.54, 1.807) is 6.20 Å². The van der Waals surface area contributed by atoms with Crippen LogP contribution in [0.15, 0.2) is 10.6 Å². The number of rotatable bonds is 6. The summed E-state index contributed by atoms with van der Waals surface area (Å²) < 4.78 is 5.57. The molecule has 0 bridgehead atoms. The third-order valence-corrected chi connectivity index (χ3v) is 3.17. The summed E-state index contributed by atoms with van der Waals surface area (Å²) in [6.07, 6.45) is 2.58. The van der Waals surface area contributed by atoms with Gasteiger partial charge >= 0.3 is 0 Å². The molecule has 114 valence electrons. The molecule has 0 amide bonds. The molecule has 0 spiro atoms. The van der Waals surface area contributed by atoms with Crippen molar-refractivity contribution < 1.29 is 4.42 Å². The summed E-state index contributed by atoms with van der Waals surface area (Å²) in [5.41, 5.74) is 3.48. The van der Waals surface area contributed by atoms with Crippen molar-refractivity contribution in [1.82, 2.24) is 15.0 Å². The highest BCUT2D eigenvalue weighted by atomic mass is 16.4. The van der Waals surface area contributed by atoms with Crippen LogP contribution >= 0.6 is 0 Å². The van der Waals surface area contributed by atoms with E-state index in [-0.39, 0.29) is 5.92 Å². The van der Waals surface area contributed by atoms with Crippen molar-refractivity contribution >= 4 is 11.6 Å². The molecule has 0 aliphatic carbocycles. The van der Waals surface area contributed by atoms with Gasteiger partial charge in [-0.05, 0) is 6.92 Å². The largest absolute Gasteiger partial charge is 0.444 e. The first-order valence-electron chi connectivity index (χ1n) is 7.07. The Bertz CT molecular complexity index is 608. The molecule has 7 nitrogen and oxygen atoms in total. The van der Waals surface area contributed by atoms with Crippen molar-refractivity contribution in [3.05, 3.63) is 29.2 Å². The highest BCUT2D eigenvalue weighted by molar-refractivity contribution is 5.56. The average molecular weight is 290 g/mol. The van der Waals surface area contributed by atoms with Crippen molar-refractivity contribution in [1.29, 1.82) is 0 Å². The van der Waals surface area contributed by atoms with Gasteiger partial charge < -0.3 is 15.2 Å². The number of hydrazine groups is 1. The summed E-state index contributed by atoms with van der Waals surface area (Å²) in [5, 5.41) is 3.23. The summed E-state index contributed by atoms with van der Waals surface area (Å²) in [7, 11) is 0. The SMILES string of the molecule is CCc1cnc(CNc2nc(C(C)C)nc(NN)c2C)o1. The van der Waals surface area contributed by atoms with Gasteiger partial charge in [0.2, 0.25) is 5.89 Å². The lowest BCUT2D eigenvalue weighted by Crippen LogP contribution is -2.15. The molecule has 0 saturated carbocycles. The minimum absolute atomic E-state index is 0.215. The molecule has 2 aromatic rings. The Hall–Kier alpha value is -2.15. The third kappa shape index (κ3) is 3.49. The van der Waals surface area contributed by atoms with Crippen LogP contribution in [0.3, 0.4) is 0 Å². The Labute approximate surface area is 124 Å². The lowest BCUT2D eigenvalue weighted by molar-refractivity contribution is 0.465. The average Bonchev–Trinajstić information content (AvgIpc) is 2.94. The molecule has 2 aromatic heterocycles. The van der Waals surface area contributed by atoms with Crippen LogP contribution in [-0.2, 0) is 13.0 Å². The zero-order valence-electron chi connectivity index (χ0n) is 12.9. The quantitative estimate of drug-likeness (QED) is 0.554. The van der Waals surface area contributed by atoms with Crippen LogP contribution in [0, 0.1) is 6.92 Å². The van der Waals surface area contributed by atoms with Crippen molar-refractivity contribution in [3.8, 4) is 0 Å². The van der Waals surface area contributed by atoms with Gasteiger partial charge in [-0.2, -0.15) is 0 Å². The number of aryl methyl sites for hydroxylation is 1. The molecule has 2 rings (SSSR count). The molecule has 0 radical (unpaired) electrons. The van der Waals surface area contributed by atoms with Gasteiger partial charge in [-0.1, -0.05) is 20.8 Å². The molecule has 0 saturated heterocycles. The van der Waals surface area contributed by atoms with E-state index < -0.39 is 0 Å². The van der Waals surface area contributed by atoms with Gasteiger partial charge in [0.1, 0.15) is 23.2 Å². The summed E-state index contributed by atoms with van der Waals surface area (Å²) in [6.45, 7) is 8.49. The van der Waals surface area contributed by atoms with E-state index in [1.165, 1.54) is 0 Å². The molecule has 0 aliphatic rings. The van der Waals surface area contributed by atoms with Crippen molar-refractivity contribution in [2.75, 3.05) is 10.7 Å². The maximum absolute atomic E-state index is 5.57. The van der Waals surface area contributed by atoms with Crippen LogP contribution < -0.4 is 16.6 Å². The number of nitrogens with one attached hydrogen (secondary N) is 2. The molecular formula is C14H22N6O. The third-order valence-electron chi connectivity index (χ3n) is 3.17. The van der Waals surface area contributed by atoms with E-state index in [9.17, 15) is 0 Å². The molecule has 7 heteroatoms. The topological polar surface area (TPSA) is 102 Å². The summed E-state index contributed by atoms with van der Waals surface area (Å²) >= 11 is 0. The summed E-state index contributed by atoms with van der Waals surface area (Å²) in [4.78, 5) is 13.2. The zero-order valence-corrected chi connectivity index (χ0v) is 12.9. The summed E-state index contributed by atoms with van der Waals surface area (Å²) in [6, 6.07) is 0. The second kappa shape index (κ2) is 6.53. The van der Waals surface area contributed by atoms with Gasteiger partial charge in [0.05, 0.1) is 12.7 Å². The molecule has 21 heavy (non-hydrogen) atoms. The van der Waals surface area contributed by atoms with E-state index in [0.29, 0.717) is 18.3 Å². The van der Waals surface area contributed by atoms with Crippen LogP contribution in [0.1, 0.15) is 49.7 Å². The number of anilines is 2. The fourth-order valence-corrected chi connectivity index (χ4v) is 1.86. The first-order chi connectivity index (χ1) is 10.0. The van der Waals surface area contributed by atoms with Gasteiger partial charge in [0.25, 0.3) is 0 Å². The highest BCUT2D eigenvalue weighted by Gasteiger charge is 2.13. The minimum Gasteiger partial charge on any atom is -0.444 e. The molecule has 0 fully saturated rings. The Kier molecular flexibility index (Phi) is 4.74. The number of oxazole rings is 1. The number of nitrogen functional groups attached to an aromatic ring is 1. The normalized spacial score (nSPS) is 11.0. The molecule has 0 aromatic carbocycles. The second-order valence-electron chi connectivity index (χ2n) is 5.13. The van der Waals surface area contributed by atoms with Crippen molar-refractivity contribution in [3.63, 3.8) is 0 Å². The Balaban J connectivity index is 2.20. The fourth-order valence-electron chi connectivity index (χ4n) is 1.86. The molecule has 2 heterocycles. The molecule has 4 N–H and O–H groups in total. The van der Waals surface area contributed by atoms with E-state index in [4.69, 9.17) is 10.3 Å². The van der Waals surface area contributed by atoms with Gasteiger partial charge in [-0.25, -0.2) is 20.8 Å². The minimum atomic E-state index is 0.215. The Morgan fingerprint density at radius 3 is 2.57 bits per heavy atom. The maximum Gasteiger partial charge on any atom is 0.213 e. The molecule has 0 unspecified atom stereocenters. The van der Waals surface area contributed by atoms with Crippen LogP contribution in [0.2, 0.25) is 0 Å². The number of nitrogens with zero attached hydrogens (tertiary/aromatic N) is 3. The predicted molar refractivity (Wildman–Crippen MR) is 81.9 cm³/mol. The Morgan fingerprint density at radius 2 is 2.00 bits per heavy atom. The number of aromatic nitrogens is 3. The van der Waals surface area contributed by atoms with E-state index in [2.05, 4.69) is 25.7 Å². The number of hydrogen-bond donors (Lipinski definition) is 3. The molecular weight excluding hydrogens is 268 g/mol. The fraction of sp³-hybridized carbons (Fsp3) is 0.500. The smallest absolute Gasteiger partial charge is 0.213 e. The van der Waals surface area contributed by atoms with Gasteiger partial charge in [0, 0.05) is 17.9 Å². The van der Waals surface area contributed by atoms with Gasteiger partial charge in [0.15, 0.2) is 0 Å². The van der Waals surface area contributed by atoms with Gasteiger partial charge in [-0.3, -0.25) is 0 Å². The van der Waals surface area contributed by atoms with Crippen molar-refractivity contribution in [2.45, 2.75) is 46.6 Å². The maximum atomic E-state index is 5.57. The monoisotopic (exact) mass is 290 g/mol. The first-order valence-corrected chi connectivity index (χ1v) is 7.07. The van der Waals surface area contributed by atoms with Crippen LogP contribution in [0.4, 0.5) is 11.6 Å². The number of nitrogens with two attached hydrogens (primary N) is 1. The first kappa shape index (κ1) is 15.2. The van der Waals surface area contributed by atoms with Crippen molar-refractivity contribution in [2.24, 2.45) is 5.84 Å². The van der Waals surface area contributed by atoms with Crippen LogP contribution in [0.25, 0.3) is 0 Å².